The molecule has 1 heterocycles. The molecule has 0 saturated heterocycles. The first kappa shape index (κ1) is 21.0. The zero-order valence-corrected chi connectivity index (χ0v) is 17.4. The Kier molecular flexibility index (Phi) is 6.61. The van der Waals surface area contributed by atoms with Crippen molar-refractivity contribution in [2.75, 3.05) is 33.7 Å². The van der Waals surface area contributed by atoms with Crippen LogP contribution in [0.25, 0.3) is 22.0 Å². The second-order valence-electron chi connectivity index (χ2n) is 6.41. The molecule has 1 aromatic heterocycles. The maximum absolute atomic E-state index is 9.18. The fourth-order valence-corrected chi connectivity index (χ4v) is 3.56. The highest BCUT2D eigenvalue weighted by Crippen LogP contribution is 2.51. The van der Waals surface area contributed by atoms with Gasteiger partial charge in [0.25, 0.3) is 0 Å². The molecule has 0 bridgehead atoms. The van der Waals surface area contributed by atoms with Crippen LogP contribution < -0.4 is 19.9 Å². The van der Waals surface area contributed by atoms with E-state index in [4.69, 9.17) is 31.5 Å². The molecule has 3 aromatic rings. The van der Waals surface area contributed by atoms with Gasteiger partial charge in [-0.15, -0.1) is 0 Å². The summed E-state index contributed by atoms with van der Waals surface area (Å²) in [5.41, 5.74) is 8.95. The number of ether oxygens (including phenoxy) is 3. The van der Waals surface area contributed by atoms with Gasteiger partial charge in [0.2, 0.25) is 11.7 Å². The number of unbranched alkanes of at least 4 members (excludes halogenated alkanes) is 1. The summed E-state index contributed by atoms with van der Waals surface area (Å²) in [5, 5.41) is 10.6. The number of aromatic nitrogens is 2. The van der Waals surface area contributed by atoms with Crippen LogP contribution in [0.3, 0.4) is 0 Å². The lowest BCUT2D eigenvalue weighted by atomic mass is 9.95. The van der Waals surface area contributed by atoms with Crippen LogP contribution in [0, 0.1) is 0 Å². The number of hydrogen-bond donors (Lipinski definition) is 2. The highest BCUT2D eigenvalue weighted by Gasteiger charge is 2.26. The topological polar surface area (TPSA) is 99.7 Å². The Labute approximate surface area is 174 Å². The van der Waals surface area contributed by atoms with Crippen molar-refractivity contribution in [1.29, 1.82) is 0 Å². The van der Waals surface area contributed by atoms with E-state index in [9.17, 15) is 5.11 Å². The van der Waals surface area contributed by atoms with Gasteiger partial charge in [-0.1, -0.05) is 23.7 Å². The average Bonchev–Trinajstić information content (AvgIpc) is 2.72. The zero-order valence-electron chi connectivity index (χ0n) is 16.7. The molecule has 0 atom stereocenters. The number of hydrogen-bond acceptors (Lipinski definition) is 7. The highest BCUT2D eigenvalue weighted by atomic mass is 35.5. The van der Waals surface area contributed by atoms with Crippen molar-refractivity contribution < 1.29 is 19.3 Å². The average molecular weight is 418 g/mol. The number of fused-ring (bicyclic) bond motifs is 1. The van der Waals surface area contributed by atoms with Crippen molar-refractivity contribution >= 4 is 28.5 Å². The minimum absolute atomic E-state index is 0.114. The van der Waals surface area contributed by atoms with Crippen LogP contribution in [0.4, 0.5) is 5.95 Å². The van der Waals surface area contributed by atoms with Gasteiger partial charge in [0.1, 0.15) is 5.52 Å². The first-order chi connectivity index (χ1) is 14.0. The van der Waals surface area contributed by atoms with Crippen LogP contribution in [0.1, 0.15) is 18.5 Å². The third-order valence-corrected chi connectivity index (χ3v) is 4.92. The normalized spacial score (nSPS) is 10.9. The molecule has 0 spiro atoms. The van der Waals surface area contributed by atoms with Crippen molar-refractivity contribution in [3.8, 4) is 28.4 Å². The number of anilines is 1. The predicted molar refractivity (Wildman–Crippen MR) is 114 cm³/mol. The van der Waals surface area contributed by atoms with Gasteiger partial charge in [-0.25, -0.2) is 9.97 Å². The van der Waals surface area contributed by atoms with E-state index in [1.54, 1.807) is 21.3 Å². The van der Waals surface area contributed by atoms with E-state index in [0.717, 1.165) is 28.6 Å². The van der Waals surface area contributed by atoms with Crippen LogP contribution in [-0.4, -0.2) is 43.0 Å². The lowest BCUT2D eigenvalue weighted by Crippen LogP contribution is -2.06. The number of nitrogens with zero attached hydrogens (tertiary/aromatic N) is 2. The second kappa shape index (κ2) is 9.15. The second-order valence-corrected chi connectivity index (χ2v) is 6.85. The minimum atomic E-state index is 0.114. The monoisotopic (exact) mass is 417 g/mol. The molecule has 0 aliphatic carbocycles. The van der Waals surface area contributed by atoms with E-state index in [1.165, 1.54) is 0 Å². The summed E-state index contributed by atoms with van der Waals surface area (Å²) in [6.07, 6.45) is 2.02. The zero-order chi connectivity index (χ0) is 21.0. The Morgan fingerprint density at radius 2 is 1.59 bits per heavy atom. The summed E-state index contributed by atoms with van der Waals surface area (Å²) in [6, 6.07) is 7.42. The molecule has 2 aromatic carbocycles. The van der Waals surface area contributed by atoms with Crippen LogP contribution in [-0.2, 0) is 6.42 Å². The van der Waals surface area contributed by atoms with Gasteiger partial charge in [0, 0.05) is 22.6 Å². The molecule has 154 valence electrons. The van der Waals surface area contributed by atoms with Crippen molar-refractivity contribution in [2.24, 2.45) is 0 Å². The Morgan fingerprint density at radius 3 is 2.17 bits per heavy atom. The van der Waals surface area contributed by atoms with E-state index < -0.39 is 0 Å². The summed E-state index contributed by atoms with van der Waals surface area (Å²) in [6.45, 7) is 0.114. The fourth-order valence-electron chi connectivity index (χ4n) is 3.44. The lowest BCUT2D eigenvalue weighted by molar-refractivity contribution is 0.284. The molecule has 3 N–H and O–H groups in total. The maximum Gasteiger partial charge on any atom is 0.220 e. The van der Waals surface area contributed by atoms with E-state index >= 15 is 0 Å². The molecule has 0 unspecified atom stereocenters. The molecule has 0 saturated carbocycles. The number of halogens is 1. The molecular weight excluding hydrogens is 394 g/mol. The van der Waals surface area contributed by atoms with E-state index in [1.807, 2.05) is 24.3 Å². The number of nitrogen functional groups attached to an aromatic ring is 1. The summed E-state index contributed by atoms with van der Waals surface area (Å²) < 4.78 is 17.0. The van der Waals surface area contributed by atoms with E-state index in [0.29, 0.717) is 40.6 Å². The molecule has 8 heteroatoms. The van der Waals surface area contributed by atoms with Gasteiger partial charge in [-0.3, -0.25) is 0 Å². The number of nitrogens with two attached hydrogens (primary N) is 1. The van der Waals surface area contributed by atoms with Gasteiger partial charge in [-0.05, 0) is 37.0 Å². The van der Waals surface area contributed by atoms with Gasteiger partial charge in [0.05, 0.1) is 27.0 Å². The predicted octanol–water partition coefficient (Wildman–Crippen LogP) is 3.87. The molecule has 3 rings (SSSR count). The highest BCUT2D eigenvalue weighted by molar-refractivity contribution is 6.30. The summed E-state index contributed by atoms with van der Waals surface area (Å²) in [5.74, 6) is 1.50. The van der Waals surface area contributed by atoms with Crippen LogP contribution in [0.5, 0.6) is 17.2 Å². The molecule has 29 heavy (non-hydrogen) atoms. The molecule has 0 aliphatic heterocycles. The van der Waals surface area contributed by atoms with Crippen LogP contribution in [0.2, 0.25) is 5.02 Å². The summed E-state index contributed by atoms with van der Waals surface area (Å²) in [7, 11) is 4.67. The van der Waals surface area contributed by atoms with Crippen LogP contribution >= 0.6 is 11.6 Å². The maximum atomic E-state index is 9.18. The van der Waals surface area contributed by atoms with E-state index in [2.05, 4.69) is 9.97 Å². The quantitative estimate of drug-likeness (QED) is 0.536. The third kappa shape index (κ3) is 4.02. The van der Waals surface area contributed by atoms with Crippen molar-refractivity contribution in [3.63, 3.8) is 0 Å². The lowest BCUT2D eigenvalue weighted by Gasteiger charge is -2.21. The largest absolute Gasteiger partial charge is 0.492 e. The molecular formula is C21H24ClN3O4. The molecule has 0 aliphatic rings. The number of rotatable bonds is 8. The van der Waals surface area contributed by atoms with Gasteiger partial charge in [-0.2, -0.15) is 0 Å². The Morgan fingerprint density at radius 1 is 0.931 bits per heavy atom. The third-order valence-electron chi connectivity index (χ3n) is 4.67. The Bertz CT molecular complexity index is 1010. The van der Waals surface area contributed by atoms with Crippen molar-refractivity contribution in [2.45, 2.75) is 19.3 Å². The summed E-state index contributed by atoms with van der Waals surface area (Å²) >= 11 is 6.09. The smallest absolute Gasteiger partial charge is 0.220 e. The molecule has 0 amide bonds. The van der Waals surface area contributed by atoms with Gasteiger partial charge < -0.3 is 25.1 Å². The van der Waals surface area contributed by atoms with E-state index in [-0.39, 0.29) is 12.6 Å². The number of aryl methyl sites for hydroxylation is 1. The number of methoxy groups -OCH3 is 3. The number of benzene rings is 2. The fraction of sp³-hybridized carbons (Fsp3) is 0.333. The minimum Gasteiger partial charge on any atom is -0.492 e. The molecule has 0 radical (unpaired) electrons. The van der Waals surface area contributed by atoms with Gasteiger partial charge >= 0.3 is 0 Å². The van der Waals surface area contributed by atoms with Crippen LogP contribution in [0.15, 0.2) is 24.3 Å². The number of aliphatic hydroxyl groups is 1. The standard InChI is InChI=1S/C21H24ClN3O4/c1-27-18-15(12-7-9-13(22)10-8-12)16-14(6-4-5-11-26)24-21(23)25-17(16)19(28-2)20(18)29-3/h7-10,26H,4-6,11H2,1-3H3,(H2,23,24,25). The van der Waals surface area contributed by atoms with Crippen molar-refractivity contribution in [1.82, 2.24) is 9.97 Å². The first-order valence-corrected chi connectivity index (χ1v) is 9.58. The van der Waals surface area contributed by atoms with Gasteiger partial charge in [0.15, 0.2) is 11.5 Å². The Balaban J connectivity index is 2.45. The first-order valence-electron chi connectivity index (χ1n) is 9.20. The SMILES string of the molecule is COc1c(OC)c(-c2ccc(Cl)cc2)c2c(CCCCO)nc(N)nc2c1OC. The summed E-state index contributed by atoms with van der Waals surface area (Å²) in [4.78, 5) is 8.94. The van der Waals surface area contributed by atoms with Crippen molar-refractivity contribution in [3.05, 3.63) is 35.0 Å². The Hall–Kier alpha value is -2.77. The number of aliphatic hydroxyl groups excluding tert-OH is 1. The molecule has 0 fully saturated rings. The molecule has 7 nitrogen and oxygen atoms in total.